The van der Waals surface area contributed by atoms with Gasteiger partial charge in [-0.05, 0) is 25.0 Å². The molecule has 0 aliphatic carbocycles. The fourth-order valence-corrected chi connectivity index (χ4v) is 2.51. The molecule has 1 unspecified atom stereocenters. The SMILES string of the molecule is S=CN1CCCC1n1nnc2ccccc21. The van der Waals surface area contributed by atoms with Crippen LogP contribution in [0.25, 0.3) is 11.0 Å². The lowest BCUT2D eigenvalue weighted by molar-refractivity contribution is 0.291. The second kappa shape index (κ2) is 3.83. The highest BCUT2D eigenvalue weighted by atomic mass is 32.1. The van der Waals surface area contributed by atoms with E-state index in [1.165, 1.54) is 0 Å². The number of nitrogens with zero attached hydrogens (tertiary/aromatic N) is 4. The third kappa shape index (κ3) is 1.39. The number of benzene rings is 1. The van der Waals surface area contributed by atoms with Crippen LogP contribution in [-0.2, 0) is 0 Å². The lowest BCUT2D eigenvalue weighted by Crippen LogP contribution is -2.26. The van der Waals surface area contributed by atoms with E-state index in [9.17, 15) is 0 Å². The summed E-state index contributed by atoms with van der Waals surface area (Å²) in [6.45, 7) is 1.02. The molecule has 0 spiro atoms. The molecule has 0 saturated carbocycles. The smallest absolute Gasteiger partial charge is 0.125 e. The minimum absolute atomic E-state index is 0.241. The third-order valence-corrected chi connectivity index (χ3v) is 3.33. The largest absolute Gasteiger partial charge is 0.347 e. The normalized spacial score (nSPS) is 20.5. The number of rotatable bonds is 2. The van der Waals surface area contributed by atoms with Crippen LogP contribution in [0.1, 0.15) is 19.0 Å². The molecule has 3 rings (SSSR count). The van der Waals surface area contributed by atoms with Gasteiger partial charge in [0.2, 0.25) is 0 Å². The van der Waals surface area contributed by atoms with Gasteiger partial charge in [0.25, 0.3) is 0 Å². The maximum absolute atomic E-state index is 5.02. The Labute approximate surface area is 98.8 Å². The van der Waals surface area contributed by atoms with Gasteiger partial charge in [0.05, 0.1) is 11.0 Å². The molecule has 1 saturated heterocycles. The number of aromatic nitrogens is 3. The van der Waals surface area contributed by atoms with E-state index in [0.717, 1.165) is 30.4 Å². The molecule has 1 aromatic heterocycles. The van der Waals surface area contributed by atoms with E-state index < -0.39 is 0 Å². The van der Waals surface area contributed by atoms with Gasteiger partial charge in [-0.25, -0.2) is 4.68 Å². The lowest BCUT2D eigenvalue weighted by Gasteiger charge is -2.21. The van der Waals surface area contributed by atoms with Crippen LogP contribution in [0.5, 0.6) is 0 Å². The van der Waals surface area contributed by atoms with Gasteiger partial charge in [-0.1, -0.05) is 29.6 Å². The van der Waals surface area contributed by atoms with Gasteiger partial charge >= 0.3 is 0 Å². The number of thiocarbonyl (C=S) groups is 1. The quantitative estimate of drug-likeness (QED) is 0.741. The highest BCUT2D eigenvalue weighted by Crippen LogP contribution is 2.27. The molecular weight excluding hydrogens is 220 g/mol. The van der Waals surface area contributed by atoms with Crippen LogP contribution in [-0.4, -0.2) is 31.9 Å². The zero-order valence-corrected chi connectivity index (χ0v) is 9.60. The summed E-state index contributed by atoms with van der Waals surface area (Å²) in [6, 6.07) is 8.02. The van der Waals surface area contributed by atoms with Crippen LogP contribution in [0.3, 0.4) is 0 Å². The van der Waals surface area contributed by atoms with Gasteiger partial charge in [0.15, 0.2) is 0 Å². The Balaban J connectivity index is 2.08. The van der Waals surface area contributed by atoms with E-state index in [0.29, 0.717) is 0 Å². The van der Waals surface area contributed by atoms with E-state index in [-0.39, 0.29) is 6.17 Å². The highest BCUT2D eigenvalue weighted by molar-refractivity contribution is 7.78. The van der Waals surface area contributed by atoms with E-state index in [1.54, 1.807) is 5.49 Å². The summed E-state index contributed by atoms with van der Waals surface area (Å²) in [5.41, 5.74) is 3.75. The molecule has 5 heteroatoms. The van der Waals surface area contributed by atoms with Gasteiger partial charge in [0.1, 0.15) is 11.7 Å². The fourth-order valence-electron chi connectivity index (χ4n) is 2.26. The molecule has 1 aliphatic rings. The second-order valence-electron chi connectivity index (χ2n) is 3.99. The highest BCUT2D eigenvalue weighted by Gasteiger charge is 2.25. The van der Waals surface area contributed by atoms with Gasteiger partial charge in [-0.15, -0.1) is 5.10 Å². The number of likely N-dealkylation sites (tertiary alicyclic amines) is 1. The summed E-state index contributed by atoms with van der Waals surface area (Å²) < 4.78 is 1.98. The first-order valence-corrected chi connectivity index (χ1v) is 5.88. The van der Waals surface area contributed by atoms with Gasteiger partial charge in [-0.3, -0.25) is 0 Å². The van der Waals surface area contributed by atoms with Crippen LogP contribution in [0.2, 0.25) is 0 Å². The first-order chi connectivity index (χ1) is 7.90. The van der Waals surface area contributed by atoms with Crippen molar-refractivity contribution in [2.45, 2.75) is 19.0 Å². The average Bonchev–Trinajstić information content (AvgIpc) is 2.94. The predicted molar refractivity (Wildman–Crippen MR) is 66.2 cm³/mol. The fraction of sp³-hybridized carbons (Fsp3) is 0.364. The second-order valence-corrected chi connectivity index (χ2v) is 4.20. The summed E-state index contributed by atoms with van der Waals surface area (Å²) in [4.78, 5) is 2.15. The first-order valence-electron chi connectivity index (χ1n) is 5.41. The number of hydrogen-bond donors (Lipinski definition) is 0. The van der Waals surface area contributed by atoms with Crippen LogP contribution in [0.4, 0.5) is 0 Å². The molecular formula is C11H12N4S. The van der Waals surface area contributed by atoms with E-state index in [1.807, 2.05) is 22.9 Å². The first kappa shape index (κ1) is 9.72. The summed E-state index contributed by atoms with van der Waals surface area (Å²) >= 11 is 5.02. The zero-order valence-electron chi connectivity index (χ0n) is 8.78. The van der Waals surface area contributed by atoms with Crippen molar-refractivity contribution in [1.82, 2.24) is 19.9 Å². The molecule has 0 radical (unpaired) electrons. The van der Waals surface area contributed by atoms with Crippen molar-refractivity contribution in [3.8, 4) is 0 Å². The van der Waals surface area contributed by atoms with Crippen LogP contribution < -0.4 is 0 Å². The molecule has 0 N–H and O–H groups in total. The number of hydrogen-bond acceptors (Lipinski definition) is 3. The molecule has 4 nitrogen and oxygen atoms in total. The molecule has 0 bridgehead atoms. The Kier molecular flexibility index (Phi) is 2.32. The molecule has 1 aromatic carbocycles. The third-order valence-electron chi connectivity index (χ3n) is 3.06. The Morgan fingerprint density at radius 1 is 1.38 bits per heavy atom. The van der Waals surface area contributed by atoms with Crippen LogP contribution in [0, 0.1) is 0 Å². The summed E-state index contributed by atoms with van der Waals surface area (Å²) in [6.07, 6.45) is 2.48. The Bertz CT molecular complexity index is 521. The molecule has 1 aliphatic heterocycles. The van der Waals surface area contributed by atoms with Crippen molar-refractivity contribution in [2.24, 2.45) is 0 Å². The minimum Gasteiger partial charge on any atom is -0.347 e. The van der Waals surface area contributed by atoms with Crippen LogP contribution in [0.15, 0.2) is 24.3 Å². The van der Waals surface area contributed by atoms with Gasteiger partial charge in [-0.2, -0.15) is 0 Å². The molecule has 0 amide bonds. The summed E-state index contributed by atoms with van der Waals surface area (Å²) in [5, 5.41) is 8.40. The van der Waals surface area contributed by atoms with Crippen molar-refractivity contribution in [3.63, 3.8) is 0 Å². The Morgan fingerprint density at radius 2 is 2.25 bits per heavy atom. The molecule has 82 valence electrons. The monoisotopic (exact) mass is 232 g/mol. The van der Waals surface area contributed by atoms with Crippen molar-refractivity contribution < 1.29 is 0 Å². The Hall–Kier alpha value is -1.49. The summed E-state index contributed by atoms with van der Waals surface area (Å²) in [5.74, 6) is 0. The maximum Gasteiger partial charge on any atom is 0.125 e. The van der Waals surface area contributed by atoms with Crippen molar-refractivity contribution in [2.75, 3.05) is 6.54 Å². The van der Waals surface area contributed by atoms with Gasteiger partial charge in [0, 0.05) is 6.54 Å². The van der Waals surface area contributed by atoms with Crippen molar-refractivity contribution in [3.05, 3.63) is 24.3 Å². The molecule has 2 aromatic rings. The molecule has 2 heterocycles. The van der Waals surface area contributed by atoms with E-state index in [4.69, 9.17) is 12.2 Å². The predicted octanol–water partition coefficient (Wildman–Crippen LogP) is 1.98. The average molecular weight is 232 g/mol. The van der Waals surface area contributed by atoms with E-state index in [2.05, 4.69) is 21.3 Å². The lowest BCUT2D eigenvalue weighted by atomic mass is 10.3. The molecule has 1 fully saturated rings. The van der Waals surface area contributed by atoms with E-state index >= 15 is 0 Å². The zero-order chi connectivity index (χ0) is 11.0. The number of para-hydroxylation sites is 1. The number of fused-ring (bicyclic) bond motifs is 1. The van der Waals surface area contributed by atoms with Crippen LogP contribution >= 0.6 is 12.2 Å². The van der Waals surface area contributed by atoms with Gasteiger partial charge < -0.3 is 4.90 Å². The standard InChI is InChI=1S/C11H12N4S/c16-8-14-7-3-6-11(14)15-10-5-2-1-4-9(10)12-13-15/h1-2,4-5,8,11H,3,6-7H2. The molecule has 1 atom stereocenters. The van der Waals surface area contributed by atoms with Crippen molar-refractivity contribution in [1.29, 1.82) is 0 Å². The minimum atomic E-state index is 0.241. The molecule has 16 heavy (non-hydrogen) atoms. The topological polar surface area (TPSA) is 34.0 Å². The summed E-state index contributed by atoms with van der Waals surface area (Å²) in [7, 11) is 0. The Morgan fingerprint density at radius 3 is 3.12 bits per heavy atom. The maximum atomic E-state index is 5.02. The van der Waals surface area contributed by atoms with Crippen molar-refractivity contribution >= 4 is 28.7 Å².